The van der Waals surface area contributed by atoms with E-state index in [1.54, 1.807) is 0 Å². The van der Waals surface area contributed by atoms with Crippen LogP contribution in [0.2, 0.25) is 0 Å². The molecular formula is C26H39N3O4S. The van der Waals surface area contributed by atoms with Gasteiger partial charge in [-0.05, 0) is 76.9 Å². The van der Waals surface area contributed by atoms with E-state index < -0.39 is 15.4 Å². The Morgan fingerprint density at radius 1 is 1.00 bits per heavy atom. The van der Waals surface area contributed by atoms with Gasteiger partial charge in [-0.3, -0.25) is 4.90 Å². The molecule has 34 heavy (non-hydrogen) atoms. The molecule has 2 saturated heterocycles. The predicted octanol–water partition coefficient (Wildman–Crippen LogP) is 2.84. The predicted molar refractivity (Wildman–Crippen MR) is 132 cm³/mol. The average Bonchev–Trinajstić information content (AvgIpc) is 3.60. The Morgan fingerprint density at radius 2 is 1.62 bits per heavy atom. The van der Waals surface area contributed by atoms with E-state index >= 15 is 0 Å². The van der Waals surface area contributed by atoms with Crippen molar-refractivity contribution in [1.29, 1.82) is 0 Å². The molecule has 1 N–H and O–H groups in total. The largest absolute Gasteiger partial charge is 0.388 e. The van der Waals surface area contributed by atoms with Crippen molar-refractivity contribution < 1.29 is 18.3 Å². The Balaban J connectivity index is 1.36. The first-order valence-corrected chi connectivity index (χ1v) is 14.6. The van der Waals surface area contributed by atoms with Gasteiger partial charge in [-0.15, -0.1) is 0 Å². The summed E-state index contributed by atoms with van der Waals surface area (Å²) >= 11 is 0. The third kappa shape index (κ3) is 4.37. The van der Waals surface area contributed by atoms with Crippen molar-refractivity contribution in [2.75, 3.05) is 45.2 Å². The molecule has 0 bridgehead atoms. The van der Waals surface area contributed by atoms with Gasteiger partial charge < -0.3 is 14.9 Å². The maximum absolute atomic E-state index is 13.7. The number of carbonyl (C=O) groups is 1. The fourth-order valence-electron chi connectivity index (χ4n) is 6.57. The van der Waals surface area contributed by atoms with E-state index in [9.17, 15) is 18.3 Å². The molecule has 2 aliphatic carbocycles. The van der Waals surface area contributed by atoms with E-state index in [1.807, 2.05) is 4.90 Å². The monoisotopic (exact) mass is 489 g/mol. The van der Waals surface area contributed by atoms with E-state index in [2.05, 4.69) is 54.2 Å². The normalized spacial score (nSPS) is 30.3. The van der Waals surface area contributed by atoms with Gasteiger partial charge in [-0.25, -0.2) is 13.2 Å². The summed E-state index contributed by atoms with van der Waals surface area (Å²) in [6, 6.07) is 10.7. The molecule has 0 aromatic heterocycles. The number of hydrogen-bond donors (Lipinski definition) is 1. The molecule has 2 saturated carbocycles. The molecule has 5 rings (SSSR count). The lowest BCUT2D eigenvalue weighted by atomic mass is 9.68. The van der Waals surface area contributed by atoms with Gasteiger partial charge in [0, 0.05) is 18.6 Å². The zero-order valence-electron chi connectivity index (χ0n) is 20.6. The number of carbonyl (C=O) groups excluding carboxylic acids is 1. The first-order chi connectivity index (χ1) is 16.1. The van der Waals surface area contributed by atoms with Crippen LogP contribution in [0.4, 0.5) is 4.79 Å². The number of β-amino-alcohol motifs (C(OH)–C–C–N with tert-alkyl or cyclic N) is 1. The van der Waals surface area contributed by atoms with Crippen molar-refractivity contribution in [2.24, 2.45) is 5.92 Å². The molecule has 1 aromatic rings. The summed E-state index contributed by atoms with van der Waals surface area (Å²) in [5.41, 5.74) is -0.0125. The molecule has 7 nitrogen and oxygen atoms in total. The molecule has 2 heterocycles. The van der Waals surface area contributed by atoms with Gasteiger partial charge in [0.25, 0.3) is 0 Å². The van der Waals surface area contributed by atoms with Crippen LogP contribution >= 0.6 is 0 Å². The maximum atomic E-state index is 13.7. The molecule has 2 amide bonds. The van der Waals surface area contributed by atoms with Crippen molar-refractivity contribution in [3.8, 4) is 0 Å². The van der Waals surface area contributed by atoms with Crippen molar-refractivity contribution in [2.45, 2.75) is 68.0 Å². The van der Waals surface area contributed by atoms with Crippen molar-refractivity contribution in [3.05, 3.63) is 35.9 Å². The Kier molecular flexibility index (Phi) is 6.01. The summed E-state index contributed by atoms with van der Waals surface area (Å²) in [7, 11) is 1.24. The minimum absolute atomic E-state index is 0.00485. The molecule has 0 atom stereocenters. The van der Waals surface area contributed by atoms with E-state index in [4.69, 9.17) is 0 Å². The first kappa shape index (κ1) is 24.1. The molecule has 188 valence electrons. The number of rotatable bonds is 6. The highest BCUT2D eigenvalue weighted by atomic mass is 32.2. The molecule has 0 unspecified atom stereocenters. The van der Waals surface area contributed by atoms with Crippen LogP contribution in [-0.4, -0.2) is 90.6 Å². The van der Waals surface area contributed by atoms with Crippen LogP contribution in [0.1, 0.15) is 56.9 Å². The van der Waals surface area contributed by atoms with Crippen LogP contribution in [0.25, 0.3) is 0 Å². The van der Waals surface area contributed by atoms with Crippen LogP contribution < -0.4 is 0 Å². The molecule has 0 radical (unpaired) electrons. The van der Waals surface area contributed by atoms with Crippen molar-refractivity contribution in [3.63, 3.8) is 0 Å². The van der Waals surface area contributed by atoms with Gasteiger partial charge in [0.2, 0.25) is 0 Å². The first-order valence-electron chi connectivity index (χ1n) is 12.8. The fraction of sp³-hybridized carbons (Fsp3) is 0.731. The van der Waals surface area contributed by atoms with Crippen molar-refractivity contribution >= 4 is 15.9 Å². The summed E-state index contributed by atoms with van der Waals surface area (Å²) in [5.74, 6) is 0.605. The van der Waals surface area contributed by atoms with Crippen LogP contribution in [-0.2, 0) is 15.4 Å². The van der Waals surface area contributed by atoms with Crippen LogP contribution in [0.15, 0.2) is 30.3 Å². The van der Waals surface area contributed by atoms with Gasteiger partial charge in [0.1, 0.15) is 0 Å². The quantitative estimate of drug-likeness (QED) is 0.665. The van der Waals surface area contributed by atoms with Gasteiger partial charge in [0.05, 0.1) is 29.2 Å². The number of nitrogens with zero attached hydrogens (tertiary/aromatic N) is 3. The molecule has 4 fully saturated rings. The van der Waals surface area contributed by atoms with Crippen molar-refractivity contribution in [1.82, 2.24) is 14.7 Å². The lowest BCUT2D eigenvalue weighted by molar-refractivity contribution is 0.00232. The molecule has 8 heteroatoms. The van der Waals surface area contributed by atoms with Gasteiger partial charge in [-0.1, -0.05) is 30.3 Å². The molecule has 1 spiro atoms. The number of amides is 2. The molecule has 4 aliphatic rings. The zero-order valence-corrected chi connectivity index (χ0v) is 21.4. The Labute approximate surface area is 204 Å². The maximum Gasteiger partial charge on any atom is 0.320 e. The van der Waals surface area contributed by atoms with Gasteiger partial charge in [-0.2, -0.15) is 0 Å². The highest BCUT2D eigenvalue weighted by Gasteiger charge is 2.56. The van der Waals surface area contributed by atoms with Crippen LogP contribution in [0.5, 0.6) is 0 Å². The number of aliphatic hydroxyl groups is 1. The average molecular weight is 490 g/mol. The second-order valence-corrected chi connectivity index (χ2v) is 13.9. The van der Waals surface area contributed by atoms with Gasteiger partial charge in [0.15, 0.2) is 9.84 Å². The standard InChI is InChI=1S/C26H39N3O4S/c1-27(2)26(22-6-4-3-5-7-22)12-10-24(11-13-26)19-28(23(30)29(24)18-21-8-9-21)20-25(31)14-16-34(32,33)17-15-25/h3-7,21,31H,8-20H2,1-2H3. The number of hydrogen-bond acceptors (Lipinski definition) is 5. The second kappa shape index (κ2) is 8.49. The summed E-state index contributed by atoms with van der Waals surface area (Å²) in [4.78, 5) is 20.0. The zero-order chi connectivity index (χ0) is 24.2. The highest BCUT2D eigenvalue weighted by Crippen LogP contribution is 2.50. The highest BCUT2D eigenvalue weighted by molar-refractivity contribution is 7.91. The van der Waals surface area contributed by atoms with Gasteiger partial charge >= 0.3 is 6.03 Å². The lowest BCUT2D eigenvalue weighted by Gasteiger charge is -2.51. The molecule has 2 aliphatic heterocycles. The second-order valence-electron chi connectivity index (χ2n) is 11.6. The Morgan fingerprint density at radius 3 is 2.18 bits per heavy atom. The van der Waals surface area contributed by atoms with E-state index in [0.717, 1.165) is 32.2 Å². The molecule has 1 aromatic carbocycles. The lowest BCUT2D eigenvalue weighted by Crippen LogP contribution is -2.55. The topological polar surface area (TPSA) is 81.2 Å². The summed E-state index contributed by atoms with van der Waals surface area (Å²) in [5, 5.41) is 11.2. The van der Waals surface area contributed by atoms with Crippen LogP contribution in [0, 0.1) is 5.92 Å². The minimum atomic E-state index is -3.07. The summed E-state index contributed by atoms with van der Waals surface area (Å²) in [6.45, 7) is 1.68. The Hall–Kier alpha value is -1.64. The number of urea groups is 1. The smallest absolute Gasteiger partial charge is 0.320 e. The number of benzene rings is 1. The van der Waals surface area contributed by atoms with Crippen LogP contribution in [0.3, 0.4) is 0 Å². The summed E-state index contributed by atoms with van der Waals surface area (Å²) in [6.07, 6.45) is 6.63. The SMILES string of the molecule is CN(C)C1(c2ccccc2)CCC2(CC1)CN(CC1(O)CCS(=O)(=O)CC1)C(=O)N2CC1CC1. The van der Waals surface area contributed by atoms with E-state index in [-0.39, 0.29) is 48.0 Å². The fourth-order valence-corrected chi connectivity index (χ4v) is 8.15. The molecular weight excluding hydrogens is 450 g/mol. The third-order valence-corrected chi connectivity index (χ3v) is 10.8. The Bertz CT molecular complexity index is 1000. The van der Waals surface area contributed by atoms with E-state index in [1.165, 1.54) is 18.4 Å². The number of sulfone groups is 1. The third-order valence-electron chi connectivity index (χ3n) is 9.11. The van der Waals surface area contributed by atoms with E-state index in [0.29, 0.717) is 12.5 Å². The minimum Gasteiger partial charge on any atom is -0.388 e. The summed E-state index contributed by atoms with van der Waals surface area (Å²) < 4.78 is 23.8.